The third kappa shape index (κ3) is 2.65. The molecule has 0 bridgehead atoms. The van der Waals surface area contributed by atoms with E-state index >= 15 is 0 Å². The summed E-state index contributed by atoms with van der Waals surface area (Å²) in [6.07, 6.45) is 6.94. The Morgan fingerprint density at radius 3 is 2.70 bits per heavy atom. The fourth-order valence-corrected chi connectivity index (χ4v) is 4.13. The van der Waals surface area contributed by atoms with Crippen LogP contribution in [0.15, 0.2) is 30.5 Å². The Kier molecular flexibility index (Phi) is 3.85. The summed E-state index contributed by atoms with van der Waals surface area (Å²) >= 11 is 0. The van der Waals surface area contributed by atoms with Crippen molar-refractivity contribution < 1.29 is 9.53 Å². The molecule has 1 amide bonds. The second-order valence-corrected chi connectivity index (χ2v) is 6.85. The molecular weight excluding hydrogens is 288 g/mol. The van der Waals surface area contributed by atoms with Crippen LogP contribution in [-0.2, 0) is 11.8 Å². The van der Waals surface area contributed by atoms with Crippen molar-refractivity contribution in [1.29, 1.82) is 0 Å². The Labute approximate surface area is 137 Å². The van der Waals surface area contributed by atoms with Crippen LogP contribution in [0.3, 0.4) is 0 Å². The van der Waals surface area contributed by atoms with Gasteiger partial charge in [0.25, 0.3) is 5.91 Å². The molecule has 1 aromatic heterocycles. The number of amides is 1. The molecule has 0 aliphatic carbocycles. The number of hydrogen-bond donors (Lipinski definition) is 0. The van der Waals surface area contributed by atoms with Gasteiger partial charge in [0.15, 0.2) is 0 Å². The molecule has 2 aromatic rings. The molecule has 0 spiro atoms. The zero-order valence-electron chi connectivity index (χ0n) is 13.7. The monoisotopic (exact) mass is 312 g/mol. The molecular formula is C19H24N2O2. The Bertz CT molecular complexity index is 707. The smallest absolute Gasteiger partial charge is 0.256 e. The van der Waals surface area contributed by atoms with Crippen molar-refractivity contribution in [3.8, 4) is 0 Å². The maximum atomic E-state index is 12.9. The topological polar surface area (TPSA) is 34.5 Å². The SMILES string of the molecule is Cn1cc(C(=O)N2CCC(C3CCCO3)CC2)c2ccccc21. The standard InChI is InChI=1S/C19H24N2O2/c1-20-13-16(15-5-2-3-6-17(15)20)19(22)21-10-8-14(9-11-21)18-7-4-12-23-18/h2-3,5-6,13-14,18H,4,7-12H2,1H3. The number of aryl methyl sites for hydroxylation is 1. The number of nitrogens with zero attached hydrogens (tertiary/aromatic N) is 2. The predicted octanol–water partition coefficient (Wildman–Crippen LogP) is 3.21. The van der Waals surface area contributed by atoms with E-state index in [1.54, 1.807) is 0 Å². The highest BCUT2D eigenvalue weighted by atomic mass is 16.5. The molecule has 1 atom stereocenters. The number of aromatic nitrogens is 1. The average Bonchev–Trinajstić information content (AvgIpc) is 3.23. The molecule has 0 N–H and O–H groups in total. The largest absolute Gasteiger partial charge is 0.378 e. The third-order valence-electron chi connectivity index (χ3n) is 5.44. The zero-order chi connectivity index (χ0) is 15.8. The Hall–Kier alpha value is -1.81. The van der Waals surface area contributed by atoms with Gasteiger partial charge in [-0.05, 0) is 37.7 Å². The fraction of sp³-hybridized carbons (Fsp3) is 0.526. The first-order valence-corrected chi connectivity index (χ1v) is 8.69. The molecule has 1 aromatic carbocycles. The second-order valence-electron chi connectivity index (χ2n) is 6.85. The van der Waals surface area contributed by atoms with Crippen LogP contribution in [0.1, 0.15) is 36.0 Å². The summed E-state index contributed by atoms with van der Waals surface area (Å²) in [4.78, 5) is 15.0. The fourth-order valence-electron chi connectivity index (χ4n) is 4.13. The molecule has 2 aliphatic heterocycles. The van der Waals surface area contributed by atoms with Crippen molar-refractivity contribution in [2.45, 2.75) is 31.8 Å². The van der Waals surface area contributed by atoms with E-state index in [4.69, 9.17) is 4.74 Å². The van der Waals surface area contributed by atoms with E-state index in [0.29, 0.717) is 12.0 Å². The number of hydrogen-bond acceptors (Lipinski definition) is 2. The van der Waals surface area contributed by atoms with Gasteiger partial charge in [0.2, 0.25) is 0 Å². The number of likely N-dealkylation sites (tertiary alicyclic amines) is 1. The van der Waals surface area contributed by atoms with Crippen molar-refractivity contribution in [3.05, 3.63) is 36.0 Å². The summed E-state index contributed by atoms with van der Waals surface area (Å²) in [5, 5.41) is 1.06. The highest BCUT2D eigenvalue weighted by Crippen LogP contribution is 2.30. The molecule has 3 heterocycles. The number of carbonyl (C=O) groups excluding carboxylic acids is 1. The molecule has 2 fully saturated rings. The lowest BCUT2D eigenvalue weighted by molar-refractivity contribution is 0.0292. The number of fused-ring (bicyclic) bond motifs is 1. The van der Waals surface area contributed by atoms with Gasteiger partial charge in [-0.3, -0.25) is 4.79 Å². The first-order chi connectivity index (χ1) is 11.2. The molecule has 0 radical (unpaired) electrons. The van der Waals surface area contributed by atoms with Gasteiger partial charge < -0.3 is 14.2 Å². The first kappa shape index (κ1) is 14.8. The van der Waals surface area contributed by atoms with Gasteiger partial charge in [0.1, 0.15) is 0 Å². The van der Waals surface area contributed by atoms with Crippen LogP contribution in [-0.4, -0.2) is 41.2 Å². The van der Waals surface area contributed by atoms with E-state index in [1.807, 2.05) is 40.9 Å². The molecule has 0 saturated carbocycles. The lowest BCUT2D eigenvalue weighted by atomic mass is 9.89. The van der Waals surface area contributed by atoms with Crippen LogP contribution >= 0.6 is 0 Å². The van der Waals surface area contributed by atoms with Crippen LogP contribution in [0.5, 0.6) is 0 Å². The van der Waals surface area contributed by atoms with Gasteiger partial charge in [0.05, 0.1) is 11.7 Å². The van der Waals surface area contributed by atoms with Gasteiger partial charge >= 0.3 is 0 Å². The van der Waals surface area contributed by atoms with E-state index in [1.165, 1.54) is 12.8 Å². The van der Waals surface area contributed by atoms with Crippen LogP contribution in [0.25, 0.3) is 10.9 Å². The molecule has 4 nitrogen and oxygen atoms in total. The molecule has 4 rings (SSSR count). The second kappa shape index (κ2) is 6.00. The van der Waals surface area contributed by atoms with E-state index < -0.39 is 0 Å². The Balaban J connectivity index is 1.49. The van der Waals surface area contributed by atoms with Gasteiger partial charge in [-0.2, -0.15) is 0 Å². The van der Waals surface area contributed by atoms with Crippen molar-refractivity contribution >= 4 is 16.8 Å². The number of ether oxygens (including phenoxy) is 1. The minimum atomic E-state index is 0.174. The van der Waals surface area contributed by atoms with Gasteiger partial charge in [0, 0.05) is 43.8 Å². The average molecular weight is 312 g/mol. The minimum Gasteiger partial charge on any atom is -0.378 e. The number of para-hydroxylation sites is 1. The Morgan fingerprint density at radius 1 is 1.17 bits per heavy atom. The van der Waals surface area contributed by atoms with Crippen LogP contribution in [0, 0.1) is 5.92 Å². The van der Waals surface area contributed by atoms with E-state index in [0.717, 1.165) is 49.0 Å². The third-order valence-corrected chi connectivity index (χ3v) is 5.44. The molecule has 4 heteroatoms. The van der Waals surface area contributed by atoms with Gasteiger partial charge in [-0.1, -0.05) is 18.2 Å². The van der Waals surface area contributed by atoms with Crippen molar-refractivity contribution in [2.24, 2.45) is 13.0 Å². The minimum absolute atomic E-state index is 0.174. The summed E-state index contributed by atoms with van der Waals surface area (Å²) in [7, 11) is 2.00. The number of piperidine rings is 1. The zero-order valence-corrected chi connectivity index (χ0v) is 13.7. The van der Waals surface area contributed by atoms with Crippen molar-refractivity contribution in [1.82, 2.24) is 9.47 Å². The van der Waals surface area contributed by atoms with Gasteiger partial charge in [-0.25, -0.2) is 0 Å². The van der Waals surface area contributed by atoms with Crippen LogP contribution < -0.4 is 0 Å². The summed E-state index contributed by atoms with van der Waals surface area (Å²) < 4.78 is 7.87. The quantitative estimate of drug-likeness (QED) is 0.853. The summed E-state index contributed by atoms with van der Waals surface area (Å²) in [6, 6.07) is 8.13. The normalized spacial score (nSPS) is 22.8. The lowest BCUT2D eigenvalue weighted by Gasteiger charge is -2.34. The molecule has 1 unspecified atom stereocenters. The molecule has 2 saturated heterocycles. The molecule has 23 heavy (non-hydrogen) atoms. The number of rotatable bonds is 2. The highest BCUT2D eigenvalue weighted by molar-refractivity contribution is 6.07. The summed E-state index contributed by atoms with van der Waals surface area (Å²) in [5.74, 6) is 0.807. The lowest BCUT2D eigenvalue weighted by Crippen LogP contribution is -2.41. The summed E-state index contributed by atoms with van der Waals surface area (Å²) in [6.45, 7) is 2.62. The number of carbonyl (C=O) groups is 1. The molecule has 2 aliphatic rings. The highest BCUT2D eigenvalue weighted by Gasteiger charge is 2.31. The van der Waals surface area contributed by atoms with Gasteiger partial charge in [-0.15, -0.1) is 0 Å². The van der Waals surface area contributed by atoms with E-state index in [-0.39, 0.29) is 5.91 Å². The summed E-state index contributed by atoms with van der Waals surface area (Å²) in [5.41, 5.74) is 1.95. The Morgan fingerprint density at radius 2 is 1.96 bits per heavy atom. The van der Waals surface area contributed by atoms with E-state index in [9.17, 15) is 4.79 Å². The maximum absolute atomic E-state index is 12.9. The van der Waals surface area contributed by atoms with E-state index in [2.05, 4.69) is 6.07 Å². The number of benzene rings is 1. The maximum Gasteiger partial charge on any atom is 0.256 e. The predicted molar refractivity (Wildman–Crippen MR) is 90.5 cm³/mol. The van der Waals surface area contributed by atoms with Crippen molar-refractivity contribution in [3.63, 3.8) is 0 Å². The van der Waals surface area contributed by atoms with Crippen LogP contribution in [0.2, 0.25) is 0 Å². The van der Waals surface area contributed by atoms with Crippen molar-refractivity contribution in [2.75, 3.05) is 19.7 Å². The molecule has 122 valence electrons. The van der Waals surface area contributed by atoms with Crippen LogP contribution in [0.4, 0.5) is 0 Å². The first-order valence-electron chi connectivity index (χ1n) is 8.69.